The molecule has 0 atom stereocenters. The second-order valence-corrected chi connectivity index (χ2v) is 4.05. The molecule has 17 heavy (non-hydrogen) atoms. The zero-order valence-electron chi connectivity index (χ0n) is 8.94. The highest BCUT2D eigenvalue weighted by Crippen LogP contribution is 2.17. The van der Waals surface area contributed by atoms with Crippen molar-refractivity contribution in [3.8, 4) is 5.75 Å². The first-order valence-electron chi connectivity index (χ1n) is 5.01. The van der Waals surface area contributed by atoms with Gasteiger partial charge in [-0.3, -0.25) is 9.97 Å². The highest BCUT2D eigenvalue weighted by molar-refractivity contribution is 6.31. The van der Waals surface area contributed by atoms with Crippen molar-refractivity contribution in [3.63, 3.8) is 0 Å². The van der Waals surface area contributed by atoms with Crippen LogP contribution in [0, 0.1) is 0 Å². The van der Waals surface area contributed by atoms with Gasteiger partial charge in [-0.05, 0) is 18.2 Å². The Morgan fingerprint density at radius 1 is 1.18 bits per heavy atom. The van der Waals surface area contributed by atoms with Gasteiger partial charge in [0.15, 0.2) is 0 Å². The lowest BCUT2D eigenvalue weighted by Gasteiger charge is -2.07. The first-order chi connectivity index (χ1) is 8.29. The highest BCUT2D eigenvalue weighted by Gasteiger charge is 2.01. The molecule has 2 heterocycles. The molecular formula is C12H10Cl2N2O. The molecule has 0 N–H and O–H groups in total. The predicted octanol–water partition coefficient (Wildman–Crippen LogP) is 3.45. The third kappa shape index (κ3) is 3.32. The number of halogens is 2. The molecule has 0 radical (unpaired) electrons. The van der Waals surface area contributed by atoms with Crippen LogP contribution in [0.2, 0.25) is 5.02 Å². The van der Waals surface area contributed by atoms with Gasteiger partial charge >= 0.3 is 0 Å². The van der Waals surface area contributed by atoms with Crippen molar-refractivity contribution in [1.29, 1.82) is 0 Å². The largest absolute Gasteiger partial charge is 0.487 e. The van der Waals surface area contributed by atoms with Gasteiger partial charge in [0, 0.05) is 18.0 Å². The Balaban J connectivity index is 2.00. The fourth-order valence-electron chi connectivity index (χ4n) is 1.26. The van der Waals surface area contributed by atoms with Crippen molar-refractivity contribution < 1.29 is 4.74 Å². The number of hydrogen-bond donors (Lipinski definition) is 0. The molecule has 0 amide bonds. The molecule has 0 bridgehead atoms. The van der Waals surface area contributed by atoms with Gasteiger partial charge in [0.05, 0.1) is 22.8 Å². The van der Waals surface area contributed by atoms with Crippen LogP contribution < -0.4 is 4.74 Å². The summed E-state index contributed by atoms with van der Waals surface area (Å²) in [5.41, 5.74) is 1.71. The van der Waals surface area contributed by atoms with Gasteiger partial charge in [0.1, 0.15) is 12.4 Å². The van der Waals surface area contributed by atoms with Crippen LogP contribution >= 0.6 is 23.2 Å². The number of aromatic nitrogens is 2. The van der Waals surface area contributed by atoms with Gasteiger partial charge in [0.2, 0.25) is 0 Å². The summed E-state index contributed by atoms with van der Waals surface area (Å²) in [6.07, 6.45) is 4.92. The zero-order valence-corrected chi connectivity index (χ0v) is 10.4. The van der Waals surface area contributed by atoms with Crippen LogP contribution in [0.25, 0.3) is 0 Å². The number of pyridine rings is 2. The van der Waals surface area contributed by atoms with E-state index in [2.05, 4.69) is 9.97 Å². The molecule has 0 spiro atoms. The minimum atomic E-state index is 0.392. The highest BCUT2D eigenvalue weighted by atomic mass is 35.5. The monoisotopic (exact) mass is 268 g/mol. The number of rotatable bonds is 4. The Morgan fingerprint density at radius 2 is 2.06 bits per heavy atom. The van der Waals surface area contributed by atoms with E-state index in [0.29, 0.717) is 23.3 Å². The fourth-order valence-corrected chi connectivity index (χ4v) is 1.59. The number of alkyl halides is 1. The summed E-state index contributed by atoms with van der Waals surface area (Å²) in [5, 5.41) is 0.595. The topological polar surface area (TPSA) is 35.0 Å². The lowest BCUT2D eigenvalue weighted by molar-refractivity contribution is 0.305. The molecule has 0 aliphatic rings. The summed E-state index contributed by atoms with van der Waals surface area (Å²) in [5.74, 6) is 1.09. The number of hydrogen-bond acceptors (Lipinski definition) is 3. The first kappa shape index (κ1) is 12.1. The van der Waals surface area contributed by atoms with E-state index in [1.54, 1.807) is 18.6 Å². The van der Waals surface area contributed by atoms with E-state index in [-0.39, 0.29) is 0 Å². The molecule has 0 saturated carbocycles. The molecule has 0 aliphatic carbocycles. The third-order valence-electron chi connectivity index (χ3n) is 2.19. The Kier molecular flexibility index (Phi) is 4.18. The Morgan fingerprint density at radius 3 is 2.71 bits per heavy atom. The minimum Gasteiger partial charge on any atom is -0.487 e. The van der Waals surface area contributed by atoms with Crippen molar-refractivity contribution in [2.75, 3.05) is 0 Å². The second-order valence-electron chi connectivity index (χ2n) is 3.37. The molecule has 2 rings (SSSR count). The van der Waals surface area contributed by atoms with E-state index < -0.39 is 0 Å². The van der Waals surface area contributed by atoms with Crippen LogP contribution in [0.4, 0.5) is 0 Å². The lowest BCUT2D eigenvalue weighted by atomic mass is 10.3. The van der Waals surface area contributed by atoms with Gasteiger partial charge in [-0.15, -0.1) is 11.6 Å². The van der Waals surface area contributed by atoms with Gasteiger partial charge in [-0.2, -0.15) is 0 Å². The van der Waals surface area contributed by atoms with E-state index in [1.165, 1.54) is 0 Å². The minimum absolute atomic E-state index is 0.392. The molecule has 3 nitrogen and oxygen atoms in total. The normalized spacial score (nSPS) is 10.2. The van der Waals surface area contributed by atoms with Gasteiger partial charge in [-0.25, -0.2) is 0 Å². The predicted molar refractivity (Wildman–Crippen MR) is 67.4 cm³/mol. The fraction of sp³-hybridized carbons (Fsp3) is 0.167. The zero-order chi connectivity index (χ0) is 12.1. The Hall–Kier alpha value is -1.32. The van der Waals surface area contributed by atoms with E-state index in [0.717, 1.165) is 11.3 Å². The molecule has 0 unspecified atom stereocenters. The van der Waals surface area contributed by atoms with Crippen LogP contribution in [-0.2, 0) is 12.5 Å². The van der Waals surface area contributed by atoms with E-state index in [4.69, 9.17) is 27.9 Å². The maximum atomic E-state index is 5.96. The molecule has 0 aromatic carbocycles. The molecule has 0 aliphatic heterocycles. The molecule has 88 valence electrons. The van der Waals surface area contributed by atoms with Gasteiger partial charge in [-0.1, -0.05) is 11.6 Å². The Labute approximate surface area is 109 Å². The summed E-state index contributed by atoms with van der Waals surface area (Å²) in [6.45, 7) is 0.392. The molecule has 0 saturated heterocycles. The summed E-state index contributed by atoms with van der Waals surface area (Å²) >= 11 is 11.6. The van der Waals surface area contributed by atoms with Crippen LogP contribution in [0.1, 0.15) is 11.3 Å². The van der Waals surface area contributed by atoms with Crippen molar-refractivity contribution in [1.82, 2.24) is 9.97 Å². The molecule has 0 fully saturated rings. The van der Waals surface area contributed by atoms with E-state index >= 15 is 0 Å². The van der Waals surface area contributed by atoms with Crippen LogP contribution in [0.3, 0.4) is 0 Å². The molecule has 2 aromatic rings. The molecule has 5 heteroatoms. The average Bonchev–Trinajstić information content (AvgIpc) is 2.38. The smallest absolute Gasteiger partial charge is 0.138 e. The van der Waals surface area contributed by atoms with Gasteiger partial charge in [0.25, 0.3) is 0 Å². The second kappa shape index (κ2) is 5.84. The van der Waals surface area contributed by atoms with E-state index in [1.807, 2.05) is 18.2 Å². The maximum Gasteiger partial charge on any atom is 0.138 e. The van der Waals surface area contributed by atoms with Crippen molar-refractivity contribution in [2.45, 2.75) is 12.5 Å². The van der Waals surface area contributed by atoms with Crippen LogP contribution in [0.5, 0.6) is 5.75 Å². The molecule has 2 aromatic heterocycles. The van der Waals surface area contributed by atoms with E-state index in [9.17, 15) is 0 Å². The summed E-state index contributed by atoms with van der Waals surface area (Å²) in [6, 6.07) is 5.49. The van der Waals surface area contributed by atoms with Crippen LogP contribution in [-0.4, -0.2) is 9.97 Å². The molecular weight excluding hydrogens is 259 g/mol. The summed E-state index contributed by atoms with van der Waals surface area (Å²) in [7, 11) is 0. The lowest BCUT2D eigenvalue weighted by Crippen LogP contribution is -1.97. The summed E-state index contributed by atoms with van der Waals surface area (Å²) < 4.78 is 5.55. The van der Waals surface area contributed by atoms with Gasteiger partial charge < -0.3 is 4.74 Å². The number of ether oxygens (including phenoxy) is 1. The third-order valence-corrected chi connectivity index (χ3v) is 2.80. The van der Waals surface area contributed by atoms with Crippen LogP contribution in [0.15, 0.2) is 36.8 Å². The van der Waals surface area contributed by atoms with Crippen molar-refractivity contribution >= 4 is 23.2 Å². The average molecular weight is 269 g/mol. The SMILES string of the molecule is ClCc1ccc(OCc2ccncc2Cl)cn1. The van der Waals surface area contributed by atoms with Crippen molar-refractivity contribution in [3.05, 3.63) is 53.1 Å². The quantitative estimate of drug-likeness (QED) is 0.797. The van der Waals surface area contributed by atoms with Crippen molar-refractivity contribution in [2.24, 2.45) is 0 Å². The standard InChI is InChI=1S/C12H10Cl2N2O/c13-5-10-1-2-11(6-16-10)17-8-9-3-4-15-7-12(9)14/h1-4,6-7H,5,8H2. The maximum absolute atomic E-state index is 5.96. The summed E-state index contributed by atoms with van der Waals surface area (Å²) in [4.78, 5) is 8.04. The Bertz CT molecular complexity index is 488. The first-order valence-corrected chi connectivity index (χ1v) is 5.93. The number of nitrogens with zero attached hydrogens (tertiary/aromatic N) is 2.